The molecule has 0 unspecified atom stereocenters. The van der Waals surface area contributed by atoms with Gasteiger partial charge in [-0.15, -0.1) is 0 Å². The van der Waals surface area contributed by atoms with Gasteiger partial charge in [-0.3, -0.25) is 9.79 Å². The highest BCUT2D eigenvalue weighted by Crippen LogP contribution is 2.16. The predicted octanol–water partition coefficient (Wildman–Crippen LogP) is 4.84. The number of nitrogens with zero attached hydrogens (tertiary/aromatic N) is 1. The van der Waals surface area contributed by atoms with Crippen molar-refractivity contribution < 1.29 is 4.79 Å². The highest BCUT2D eigenvalue weighted by atomic mass is 16.1. The molecule has 0 radical (unpaired) electrons. The van der Waals surface area contributed by atoms with Gasteiger partial charge in [0.1, 0.15) is 0 Å². The standard InChI is InChI=1S/C21H18N2O/c24-21(23-19-14-8-3-9-15-19)16-20(17-10-4-1-5-11-17)22-18-12-6-2-7-13-18/h1-15H,16H2,(H,23,24). The summed E-state index contributed by atoms with van der Waals surface area (Å²) in [5, 5.41) is 2.91. The van der Waals surface area contributed by atoms with Crippen LogP contribution in [-0.2, 0) is 4.79 Å². The van der Waals surface area contributed by atoms with Gasteiger partial charge in [0, 0.05) is 5.69 Å². The summed E-state index contributed by atoms with van der Waals surface area (Å²) in [6.45, 7) is 0. The molecule has 3 rings (SSSR count). The average Bonchev–Trinajstić information content (AvgIpc) is 2.63. The molecular weight excluding hydrogens is 296 g/mol. The molecule has 0 fully saturated rings. The summed E-state index contributed by atoms with van der Waals surface area (Å²) in [5.41, 5.74) is 3.32. The van der Waals surface area contributed by atoms with Gasteiger partial charge in [-0.1, -0.05) is 66.7 Å². The number of amides is 1. The maximum atomic E-state index is 12.4. The quantitative estimate of drug-likeness (QED) is 0.673. The molecular formula is C21H18N2O. The fourth-order valence-corrected chi connectivity index (χ4v) is 2.37. The molecule has 1 N–H and O–H groups in total. The summed E-state index contributed by atoms with van der Waals surface area (Å²) in [6, 6.07) is 28.9. The van der Waals surface area contributed by atoms with E-state index in [9.17, 15) is 4.79 Å². The van der Waals surface area contributed by atoms with E-state index < -0.39 is 0 Å². The third-order valence-electron chi connectivity index (χ3n) is 3.51. The van der Waals surface area contributed by atoms with Gasteiger partial charge in [0.15, 0.2) is 0 Å². The molecule has 1 amide bonds. The van der Waals surface area contributed by atoms with Crippen LogP contribution in [0.1, 0.15) is 12.0 Å². The molecule has 118 valence electrons. The largest absolute Gasteiger partial charge is 0.326 e. The van der Waals surface area contributed by atoms with Gasteiger partial charge in [-0.2, -0.15) is 0 Å². The van der Waals surface area contributed by atoms with Crippen molar-refractivity contribution in [3.05, 3.63) is 96.6 Å². The zero-order chi connectivity index (χ0) is 16.6. The molecule has 3 aromatic rings. The van der Waals surface area contributed by atoms with Crippen LogP contribution in [0.4, 0.5) is 11.4 Å². The number of carbonyl (C=O) groups is 1. The zero-order valence-electron chi connectivity index (χ0n) is 13.2. The lowest BCUT2D eigenvalue weighted by Crippen LogP contribution is -2.17. The molecule has 0 atom stereocenters. The van der Waals surface area contributed by atoms with E-state index in [-0.39, 0.29) is 12.3 Å². The second kappa shape index (κ2) is 7.88. The number of rotatable bonds is 5. The number of para-hydroxylation sites is 2. The van der Waals surface area contributed by atoms with Crippen molar-refractivity contribution in [1.82, 2.24) is 0 Å². The van der Waals surface area contributed by atoms with Crippen molar-refractivity contribution in [2.45, 2.75) is 6.42 Å². The number of hydrogen-bond acceptors (Lipinski definition) is 2. The molecule has 0 aromatic heterocycles. The Balaban J connectivity index is 1.83. The van der Waals surface area contributed by atoms with Crippen LogP contribution in [0.3, 0.4) is 0 Å². The summed E-state index contributed by atoms with van der Waals surface area (Å²) in [5.74, 6) is -0.0836. The van der Waals surface area contributed by atoms with E-state index in [4.69, 9.17) is 0 Å². The Hall–Kier alpha value is -3.20. The van der Waals surface area contributed by atoms with Crippen LogP contribution < -0.4 is 5.32 Å². The van der Waals surface area contributed by atoms with E-state index in [2.05, 4.69) is 10.3 Å². The lowest BCUT2D eigenvalue weighted by atomic mass is 10.1. The second-order valence-corrected chi connectivity index (χ2v) is 5.35. The first kappa shape index (κ1) is 15.7. The van der Waals surface area contributed by atoms with E-state index >= 15 is 0 Å². The fourth-order valence-electron chi connectivity index (χ4n) is 2.37. The van der Waals surface area contributed by atoms with Gasteiger partial charge >= 0.3 is 0 Å². The SMILES string of the molecule is O=C(CC(=Nc1ccccc1)c1ccccc1)Nc1ccccc1. The smallest absolute Gasteiger partial charge is 0.230 e. The first-order chi connectivity index (χ1) is 11.8. The lowest BCUT2D eigenvalue weighted by Gasteiger charge is -2.09. The van der Waals surface area contributed by atoms with E-state index in [1.54, 1.807) is 0 Å². The van der Waals surface area contributed by atoms with E-state index in [1.807, 2.05) is 91.0 Å². The number of aliphatic imine (C=N–C) groups is 1. The minimum absolute atomic E-state index is 0.0836. The zero-order valence-corrected chi connectivity index (χ0v) is 13.2. The third-order valence-corrected chi connectivity index (χ3v) is 3.51. The maximum Gasteiger partial charge on any atom is 0.230 e. The lowest BCUT2D eigenvalue weighted by molar-refractivity contribution is -0.115. The highest BCUT2D eigenvalue weighted by Gasteiger charge is 2.10. The number of anilines is 1. The minimum Gasteiger partial charge on any atom is -0.326 e. The van der Waals surface area contributed by atoms with Crippen LogP contribution in [-0.4, -0.2) is 11.6 Å². The monoisotopic (exact) mass is 314 g/mol. The second-order valence-electron chi connectivity index (χ2n) is 5.35. The molecule has 3 heteroatoms. The molecule has 3 nitrogen and oxygen atoms in total. The normalized spacial score (nSPS) is 11.1. The molecule has 0 bridgehead atoms. The van der Waals surface area contributed by atoms with E-state index in [1.165, 1.54) is 0 Å². The van der Waals surface area contributed by atoms with E-state index in [0.29, 0.717) is 0 Å². The van der Waals surface area contributed by atoms with Crippen molar-refractivity contribution in [2.75, 3.05) is 5.32 Å². The maximum absolute atomic E-state index is 12.4. The molecule has 0 saturated heterocycles. The summed E-state index contributed by atoms with van der Waals surface area (Å²) in [7, 11) is 0. The summed E-state index contributed by atoms with van der Waals surface area (Å²) in [4.78, 5) is 17.1. The van der Waals surface area contributed by atoms with Crippen molar-refractivity contribution in [1.29, 1.82) is 0 Å². The first-order valence-corrected chi connectivity index (χ1v) is 7.84. The van der Waals surface area contributed by atoms with Crippen LogP contribution in [0, 0.1) is 0 Å². The Bertz CT molecular complexity index is 812. The van der Waals surface area contributed by atoms with Crippen molar-refractivity contribution in [2.24, 2.45) is 4.99 Å². The number of nitrogens with one attached hydrogen (secondary N) is 1. The average molecular weight is 314 g/mol. The topological polar surface area (TPSA) is 41.5 Å². The number of hydrogen-bond donors (Lipinski definition) is 1. The fraction of sp³-hybridized carbons (Fsp3) is 0.0476. The molecule has 0 saturated carbocycles. The van der Waals surface area contributed by atoms with E-state index in [0.717, 1.165) is 22.6 Å². The highest BCUT2D eigenvalue weighted by molar-refractivity contribution is 6.14. The van der Waals surface area contributed by atoms with Gasteiger partial charge in [0.05, 0.1) is 17.8 Å². The molecule has 0 aliphatic carbocycles. The number of carbonyl (C=O) groups excluding carboxylic acids is 1. The Morgan fingerprint density at radius 3 is 1.92 bits per heavy atom. The van der Waals surface area contributed by atoms with Gasteiger partial charge in [0.25, 0.3) is 0 Å². The summed E-state index contributed by atoms with van der Waals surface area (Å²) < 4.78 is 0. The van der Waals surface area contributed by atoms with Gasteiger partial charge in [0.2, 0.25) is 5.91 Å². The first-order valence-electron chi connectivity index (χ1n) is 7.84. The van der Waals surface area contributed by atoms with Gasteiger partial charge in [-0.25, -0.2) is 0 Å². The van der Waals surface area contributed by atoms with Crippen molar-refractivity contribution in [3.63, 3.8) is 0 Å². The van der Waals surface area contributed by atoms with Crippen molar-refractivity contribution >= 4 is 23.0 Å². The van der Waals surface area contributed by atoms with Crippen LogP contribution in [0.15, 0.2) is 96.0 Å². The molecule has 0 aliphatic rings. The molecule has 0 spiro atoms. The van der Waals surface area contributed by atoms with Gasteiger partial charge in [-0.05, 0) is 29.8 Å². The Labute approximate surface area is 141 Å². The summed E-state index contributed by atoms with van der Waals surface area (Å²) >= 11 is 0. The minimum atomic E-state index is -0.0836. The molecule has 3 aromatic carbocycles. The Morgan fingerprint density at radius 2 is 1.29 bits per heavy atom. The van der Waals surface area contributed by atoms with Crippen LogP contribution >= 0.6 is 0 Å². The summed E-state index contributed by atoms with van der Waals surface area (Å²) in [6.07, 6.45) is 0.216. The Kier molecular flexibility index (Phi) is 5.15. The van der Waals surface area contributed by atoms with Crippen LogP contribution in [0.2, 0.25) is 0 Å². The predicted molar refractivity (Wildman–Crippen MR) is 98.8 cm³/mol. The molecule has 0 aliphatic heterocycles. The van der Waals surface area contributed by atoms with Crippen LogP contribution in [0.25, 0.3) is 0 Å². The Morgan fingerprint density at radius 1 is 0.750 bits per heavy atom. The van der Waals surface area contributed by atoms with Gasteiger partial charge < -0.3 is 5.32 Å². The van der Waals surface area contributed by atoms with Crippen molar-refractivity contribution in [3.8, 4) is 0 Å². The van der Waals surface area contributed by atoms with Crippen LogP contribution in [0.5, 0.6) is 0 Å². The molecule has 0 heterocycles. The third kappa shape index (κ3) is 4.40. The molecule has 24 heavy (non-hydrogen) atoms. The number of benzene rings is 3.